The maximum Gasteiger partial charge on any atom is 0.261 e. The Morgan fingerprint density at radius 1 is 1.40 bits per heavy atom. The van der Waals surface area contributed by atoms with Crippen LogP contribution >= 0.6 is 11.8 Å². The second kappa shape index (κ2) is 5.76. The topological polar surface area (TPSA) is 41.9 Å². The van der Waals surface area contributed by atoms with Crippen molar-refractivity contribution in [1.82, 2.24) is 4.90 Å². The number of aryl methyl sites for hydroxylation is 1. The first kappa shape index (κ1) is 17.0. The van der Waals surface area contributed by atoms with Crippen LogP contribution in [0.25, 0.3) is 0 Å². The highest BCUT2D eigenvalue weighted by atomic mass is 32.2. The second-order valence-corrected chi connectivity index (χ2v) is 8.76. The lowest BCUT2D eigenvalue weighted by atomic mass is 9.68. The van der Waals surface area contributed by atoms with E-state index in [0.29, 0.717) is 12.3 Å². The Morgan fingerprint density at radius 3 is 2.88 bits per heavy atom. The van der Waals surface area contributed by atoms with E-state index < -0.39 is 5.54 Å². The van der Waals surface area contributed by atoms with Crippen molar-refractivity contribution in [3.8, 4) is 5.75 Å². The molecule has 1 aromatic carbocycles. The van der Waals surface area contributed by atoms with Gasteiger partial charge in [-0.05, 0) is 50.5 Å². The van der Waals surface area contributed by atoms with Gasteiger partial charge in [-0.25, -0.2) is 4.99 Å². The molecular weight excluding hydrogens is 332 g/mol. The first-order valence-electron chi connectivity index (χ1n) is 9.11. The molecule has 1 aliphatic carbocycles. The number of thioether (sulfide) groups is 1. The summed E-state index contributed by atoms with van der Waals surface area (Å²) in [5.41, 5.74) is 0.993. The molecule has 1 saturated carbocycles. The monoisotopic (exact) mass is 358 g/mol. The van der Waals surface area contributed by atoms with E-state index in [4.69, 9.17) is 9.73 Å². The van der Waals surface area contributed by atoms with E-state index in [-0.39, 0.29) is 11.5 Å². The van der Waals surface area contributed by atoms with Crippen LogP contribution in [0.2, 0.25) is 0 Å². The molecule has 25 heavy (non-hydrogen) atoms. The summed E-state index contributed by atoms with van der Waals surface area (Å²) in [6, 6.07) is 6.19. The Morgan fingerprint density at radius 2 is 2.20 bits per heavy atom. The summed E-state index contributed by atoms with van der Waals surface area (Å²) >= 11 is 1.54. The standard InChI is InChI=1S/C20H26N2O2S/c1-13-7-8-16-15(10-13)20(17(23)22(3)18(21-20)25-4)12-19(24-16)9-5-6-14(2)11-19/h7-8,10,14H,5-6,9,11-12H2,1-4H3. The maximum absolute atomic E-state index is 13.4. The van der Waals surface area contributed by atoms with Crippen LogP contribution in [-0.4, -0.2) is 34.9 Å². The van der Waals surface area contributed by atoms with Crippen molar-refractivity contribution in [1.29, 1.82) is 0 Å². The van der Waals surface area contributed by atoms with Crippen molar-refractivity contribution in [2.45, 2.75) is 57.1 Å². The van der Waals surface area contributed by atoms with E-state index in [1.807, 2.05) is 19.4 Å². The van der Waals surface area contributed by atoms with Gasteiger partial charge >= 0.3 is 0 Å². The third-order valence-electron chi connectivity index (χ3n) is 5.95. The molecule has 1 amide bonds. The number of hydrogen-bond donors (Lipinski definition) is 0. The highest BCUT2D eigenvalue weighted by Crippen LogP contribution is 2.54. The van der Waals surface area contributed by atoms with Gasteiger partial charge in [-0.15, -0.1) is 0 Å². The number of carbonyl (C=O) groups excluding carboxylic acids is 1. The third kappa shape index (κ3) is 2.50. The van der Waals surface area contributed by atoms with E-state index in [9.17, 15) is 4.79 Å². The fourth-order valence-corrected chi connectivity index (χ4v) is 5.48. The van der Waals surface area contributed by atoms with Crippen molar-refractivity contribution in [3.63, 3.8) is 0 Å². The lowest BCUT2D eigenvalue weighted by molar-refractivity contribution is -0.135. The number of aliphatic imine (C=N–C) groups is 1. The zero-order chi connectivity index (χ0) is 17.8. The molecule has 0 aromatic heterocycles. The molecule has 1 fully saturated rings. The number of hydrogen-bond acceptors (Lipinski definition) is 4. The molecular formula is C20H26N2O2S. The summed E-state index contributed by atoms with van der Waals surface area (Å²) in [4.78, 5) is 20.1. The van der Waals surface area contributed by atoms with E-state index in [1.165, 1.54) is 6.42 Å². The first-order chi connectivity index (χ1) is 11.9. The summed E-state index contributed by atoms with van der Waals surface area (Å²) in [5.74, 6) is 1.56. The van der Waals surface area contributed by atoms with Crippen LogP contribution in [0.5, 0.6) is 5.75 Å². The molecule has 4 nitrogen and oxygen atoms in total. The third-order valence-corrected chi connectivity index (χ3v) is 6.68. The highest BCUT2D eigenvalue weighted by molar-refractivity contribution is 8.13. The van der Waals surface area contributed by atoms with Gasteiger partial charge in [-0.2, -0.15) is 0 Å². The van der Waals surface area contributed by atoms with Gasteiger partial charge in [0.2, 0.25) is 0 Å². The number of fused-ring (bicyclic) bond motifs is 2. The number of benzene rings is 1. The molecule has 4 rings (SSSR count). The molecule has 134 valence electrons. The molecule has 3 aliphatic rings. The van der Waals surface area contributed by atoms with Crippen molar-refractivity contribution >= 4 is 22.8 Å². The van der Waals surface area contributed by atoms with Crippen molar-refractivity contribution in [2.24, 2.45) is 10.9 Å². The Hall–Kier alpha value is -1.49. The normalized spacial score (nSPS) is 34.2. The molecule has 3 atom stereocenters. The largest absolute Gasteiger partial charge is 0.487 e. The fraction of sp³-hybridized carbons (Fsp3) is 0.600. The summed E-state index contributed by atoms with van der Waals surface area (Å²) in [5, 5.41) is 0.804. The SMILES string of the molecule is CSC1=NC2(CC3(CCCC(C)C3)Oc3ccc(C)cc32)C(=O)N1C. The van der Waals surface area contributed by atoms with Gasteiger partial charge in [-0.1, -0.05) is 36.7 Å². The minimum atomic E-state index is -0.816. The summed E-state index contributed by atoms with van der Waals surface area (Å²) in [7, 11) is 1.84. The maximum atomic E-state index is 13.4. The number of ether oxygens (including phenoxy) is 1. The molecule has 0 N–H and O–H groups in total. The van der Waals surface area contributed by atoms with Gasteiger partial charge in [0.25, 0.3) is 5.91 Å². The molecule has 2 spiro atoms. The zero-order valence-corrected chi connectivity index (χ0v) is 16.3. The number of amidine groups is 1. The Balaban J connectivity index is 1.89. The second-order valence-electron chi connectivity index (χ2n) is 7.99. The average Bonchev–Trinajstić information content (AvgIpc) is 2.81. The van der Waals surface area contributed by atoms with E-state index in [1.54, 1.807) is 16.7 Å². The number of carbonyl (C=O) groups is 1. The van der Waals surface area contributed by atoms with Crippen LogP contribution in [0.15, 0.2) is 23.2 Å². The predicted molar refractivity (Wildman–Crippen MR) is 102 cm³/mol. The first-order valence-corrected chi connectivity index (χ1v) is 10.3. The van der Waals surface area contributed by atoms with Crippen LogP contribution in [0.1, 0.15) is 50.2 Å². The minimum absolute atomic E-state index is 0.0876. The molecule has 2 aliphatic heterocycles. The van der Waals surface area contributed by atoms with Crippen LogP contribution in [-0.2, 0) is 10.3 Å². The summed E-state index contributed by atoms with van der Waals surface area (Å²) in [6.45, 7) is 4.35. The van der Waals surface area contributed by atoms with E-state index >= 15 is 0 Å². The molecule has 0 bridgehead atoms. The predicted octanol–water partition coefficient (Wildman–Crippen LogP) is 4.11. The smallest absolute Gasteiger partial charge is 0.261 e. The molecule has 3 unspecified atom stereocenters. The highest BCUT2D eigenvalue weighted by Gasteiger charge is 2.58. The van der Waals surface area contributed by atoms with Crippen LogP contribution in [0, 0.1) is 12.8 Å². The average molecular weight is 359 g/mol. The summed E-state index contributed by atoms with van der Waals surface area (Å²) < 4.78 is 6.58. The van der Waals surface area contributed by atoms with Crippen LogP contribution in [0.4, 0.5) is 0 Å². The Labute approximate surface area is 154 Å². The van der Waals surface area contributed by atoms with Crippen molar-refractivity contribution in [2.75, 3.05) is 13.3 Å². The number of rotatable bonds is 0. The van der Waals surface area contributed by atoms with Gasteiger partial charge in [0, 0.05) is 19.0 Å². The molecule has 0 radical (unpaired) electrons. The number of likely N-dealkylation sites (N-methyl/N-ethyl adjacent to an activating group) is 1. The lowest BCUT2D eigenvalue weighted by Gasteiger charge is -2.48. The van der Waals surface area contributed by atoms with Gasteiger partial charge in [0.15, 0.2) is 10.7 Å². The number of nitrogens with zero attached hydrogens (tertiary/aromatic N) is 2. The van der Waals surface area contributed by atoms with Crippen LogP contribution < -0.4 is 4.74 Å². The van der Waals surface area contributed by atoms with Gasteiger partial charge in [0.05, 0.1) is 0 Å². The fourth-order valence-electron chi connectivity index (χ4n) is 4.88. The van der Waals surface area contributed by atoms with E-state index in [2.05, 4.69) is 26.0 Å². The van der Waals surface area contributed by atoms with Crippen LogP contribution in [0.3, 0.4) is 0 Å². The Kier molecular flexibility index (Phi) is 3.91. The molecule has 1 aromatic rings. The zero-order valence-electron chi connectivity index (χ0n) is 15.5. The number of amides is 1. The van der Waals surface area contributed by atoms with Gasteiger partial charge in [0.1, 0.15) is 11.4 Å². The molecule has 5 heteroatoms. The van der Waals surface area contributed by atoms with Crippen molar-refractivity contribution in [3.05, 3.63) is 29.3 Å². The Bertz CT molecular complexity index is 762. The molecule has 2 heterocycles. The summed E-state index contributed by atoms with van der Waals surface area (Å²) in [6.07, 6.45) is 7.05. The minimum Gasteiger partial charge on any atom is -0.487 e. The van der Waals surface area contributed by atoms with Crippen molar-refractivity contribution < 1.29 is 9.53 Å². The van der Waals surface area contributed by atoms with E-state index in [0.717, 1.165) is 41.3 Å². The van der Waals surface area contributed by atoms with Gasteiger partial charge < -0.3 is 4.74 Å². The molecule has 0 saturated heterocycles. The lowest BCUT2D eigenvalue weighted by Crippen LogP contribution is -2.53. The van der Waals surface area contributed by atoms with Gasteiger partial charge in [-0.3, -0.25) is 9.69 Å². The quantitative estimate of drug-likeness (QED) is 0.701.